The first-order valence-corrected chi connectivity index (χ1v) is 14.2. The van der Waals surface area contributed by atoms with E-state index >= 15 is 0 Å². The highest BCUT2D eigenvalue weighted by atomic mass is 35.5. The average Bonchev–Trinajstić information content (AvgIpc) is 2.89. The fourth-order valence-corrected chi connectivity index (χ4v) is 6.02. The maximum atomic E-state index is 13.5. The van der Waals surface area contributed by atoms with Crippen molar-refractivity contribution in [2.24, 2.45) is 5.92 Å². The van der Waals surface area contributed by atoms with Crippen molar-refractivity contribution < 1.29 is 19.8 Å². The first-order valence-electron chi connectivity index (χ1n) is 14.2. The van der Waals surface area contributed by atoms with Crippen LogP contribution in [0.4, 0.5) is 0 Å². The molecule has 0 unspecified atom stereocenters. The van der Waals surface area contributed by atoms with Crippen LogP contribution < -0.4 is 5.32 Å². The molecule has 3 aliphatic heterocycles. The Kier molecular flexibility index (Phi) is 11.0. The number of aliphatic hydroxyl groups excluding tert-OH is 2. The lowest BCUT2D eigenvalue weighted by Gasteiger charge is -2.52. The molecule has 2 amide bonds. The van der Waals surface area contributed by atoms with E-state index in [0.29, 0.717) is 19.4 Å². The minimum atomic E-state index is -0.887. The maximum Gasteiger partial charge on any atom is 0.248 e. The van der Waals surface area contributed by atoms with Gasteiger partial charge < -0.3 is 20.4 Å². The summed E-state index contributed by atoms with van der Waals surface area (Å²) in [6.07, 6.45) is 3.68. The molecule has 0 aliphatic carbocycles. The highest BCUT2D eigenvalue weighted by Crippen LogP contribution is 2.35. The minimum Gasteiger partial charge on any atom is -0.393 e. The lowest BCUT2D eigenvalue weighted by Crippen LogP contribution is -2.74. The molecule has 3 fully saturated rings. The predicted molar refractivity (Wildman–Crippen MR) is 151 cm³/mol. The van der Waals surface area contributed by atoms with Crippen molar-refractivity contribution in [3.63, 3.8) is 0 Å². The van der Waals surface area contributed by atoms with Gasteiger partial charge in [-0.1, -0.05) is 51.5 Å². The summed E-state index contributed by atoms with van der Waals surface area (Å²) in [5.41, 5.74) is 1.72. The molecule has 1 spiro atoms. The normalized spacial score (nSPS) is 23.9. The number of piperidine rings is 2. The molecule has 38 heavy (non-hydrogen) atoms. The largest absolute Gasteiger partial charge is 0.393 e. The molecule has 0 saturated carbocycles. The van der Waals surface area contributed by atoms with Crippen LogP contribution in [0.1, 0.15) is 70.4 Å². The van der Waals surface area contributed by atoms with Gasteiger partial charge in [-0.3, -0.25) is 19.4 Å². The number of halogens is 1. The van der Waals surface area contributed by atoms with E-state index in [4.69, 9.17) is 0 Å². The Labute approximate surface area is 234 Å². The minimum absolute atomic E-state index is 0. The number of aliphatic hydroxyl groups is 2. The molecule has 4 rings (SSSR count). The Morgan fingerprint density at radius 2 is 1.50 bits per heavy atom. The lowest BCUT2D eigenvalue weighted by atomic mass is 9.80. The summed E-state index contributed by atoms with van der Waals surface area (Å²) in [5, 5.41) is 23.2. The van der Waals surface area contributed by atoms with E-state index in [-0.39, 0.29) is 36.2 Å². The van der Waals surface area contributed by atoms with Gasteiger partial charge in [-0.2, -0.15) is 0 Å². The number of hydrogen-bond acceptors (Lipinski definition) is 6. The van der Waals surface area contributed by atoms with E-state index in [0.717, 1.165) is 65.0 Å². The van der Waals surface area contributed by atoms with Gasteiger partial charge in [0, 0.05) is 45.8 Å². The summed E-state index contributed by atoms with van der Waals surface area (Å²) in [6, 6.07) is 7.93. The van der Waals surface area contributed by atoms with Gasteiger partial charge in [0.15, 0.2) is 0 Å². The number of piperazine rings is 1. The number of likely N-dealkylation sites (tertiary alicyclic amines) is 2. The Morgan fingerprint density at radius 1 is 0.974 bits per heavy atom. The van der Waals surface area contributed by atoms with Crippen molar-refractivity contribution in [2.75, 3.05) is 32.7 Å². The number of hydrogen-bond donors (Lipinski definition) is 3. The maximum absolute atomic E-state index is 13.5. The molecular weight excluding hydrogens is 504 g/mol. The Balaban J connectivity index is 0.00000400. The van der Waals surface area contributed by atoms with Crippen LogP contribution in [0.3, 0.4) is 0 Å². The number of amides is 2. The summed E-state index contributed by atoms with van der Waals surface area (Å²) in [7, 11) is 0. The van der Waals surface area contributed by atoms with Gasteiger partial charge >= 0.3 is 0 Å². The van der Waals surface area contributed by atoms with E-state index in [9.17, 15) is 19.8 Å². The molecule has 214 valence electrons. The fourth-order valence-electron chi connectivity index (χ4n) is 6.02. The predicted octanol–water partition coefficient (Wildman–Crippen LogP) is 2.54. The molecule has 3 aliphatic rings. The summed E-state index contributed by atoms with van der Waals surface area (Å²) in [4.78, 5) is 33.5. The zero-order valence-corrected chi connectivity index (χ0v) is 24.1. The van der Waals surface area contributed by atoms with E-state index in [1.54, 1.807) is 4.90 Å². The van der Waals surface area contributed by atoms with Gasteiger partial charge in [-0.25, -0.2) is 0 Å². The highest BCUT2D eigenvalue weighted by molar-refractivity contribution is 6.00. The first kappa shape index (κ1) is 30.8. The third kappa shape index (κ3) is 6.89. The van der Waals surface area contributed by atoms with Crippen LogP contribution in [0.2, 0.25) is 0 Å². The zero-order chi connectivity index (χ0) is 26.6. The number of carbonyl (C=O) groups excluding carboxylic acids is 2. The molecule has 3 saturated heterocycles. The van der Waals surface area contributed by atoms with Crippen molar-refractivity contribution in [2.45, 2.75) is 96.2 Å². The number of carbonyl (C=O) groups is 2. The van der Waals surface area contributed by atoms with Gasteiger partial charge in [0.25, 0.3) is 0 Å². The van der Waals surface area contributed by atoms with Crippen LogP contribution in [0, 0.1) is 5.92 Å². The molecule has 1 aromatic carbocycles. The highest BCUT2D eigenvalue weighted by Gasteiger charge is 2.54. The molecule has 3 N–H and O–H groups in total. The number of benzene rings is 1. The van der Waals surface area contributed by atoms with Crippen LogP contribution in [0.25, 0.3) is 0 Å². The lowest BCUT2D eigenvalue weighted by molar-refractivity contribution is -0.165. The summed E-state index contributed by atoms with van der Waals surface area (Å²) in [5.74, 6) is -0.360. The zero-order valence-electron chi connectivity index (χ0n) is 23.3. The van der Waals surface area contributed by atoms with Crippen molar-refractivity contribution >= 4 is 24.2 Å². The molecule has 0 radical (unpaired) electrons. The summed E-state index contributed by atoms with van der Waals surface area (Å²) < 4.78 is 0. The molecule has 0 bridgehead atoms. The first-order chi connectivity index (χ1) is 17.7. The topological polar surface area (TPSA) is 96.4 Å². The van der Waals surface area contributed by atoms with Crippen molar-refractivity contribution in [1.29, 1.82) is 0 Å². The van der Waals surface area contributed by atoms with E-state index in [2.05, 4.69) is 46.3 Å². The molecular formula is C29H47ClN4O4. The smallest absolute Gasteiger partial charge is 0.248 e. The number of nitrogens with zero attached hydrogens (tertiary/aromatic N) is 3. The quantitative estimate of drug-likeness (QED) is 0.437. The second-order valence-corrected chi connectivity index (χ2v) is 11.7. The number of unbranched alkanes of at least 4 members (excludes halogenated alkanes) is 1. The SMILES string of the molecule is CCCCN1C(=O)[C@@H]([C@H](O)C(C)C)NC(=O)C12CCN(Cc1ccc(CN3CCC(O)CC3)cc1)CC2.Cl. The van der Waals surface area contributed by atoms with E-state index in [1.165, 1.54) is 11.1 Å². The van der Waals surface area contributed by atoms with Gasteiger partial charge in [0.2, 0.25) is 11.8 Å². The molecule has 1 aromatic rings. The van der Waals surface area contributed by atoms with E-state index in [1.807, 2.05) is 13.8 Å². The van der Waals surface area contributed by atoms with Gasteiger partial charge in [0.1, 0.15) is 11.6 Å². The molecule has 3 heterocycles. The third-order valence-corrected chi connectivity index (χ3v) is 8.59. The number of nitrogens with one attached hydrogen (secondary N) is 1. The molecule has 2 atom stereocenters. The monoisotopic (exact) mass is 550 g/mol. The standard InChI is InChI=1S/C29H46N4O4.ClH/c1-4-5-14-33-27(36)25(26(35)21(2)3)30-28(37)29(33)12-17-32(18-13-29)20-23-8-6-22(7-9-23)19-31-15-10-24(34)11-16-31;/h6-9,21,24-26,34-35H,4-5,10-20H2,1-3H3,(H,30,37);1H/t25-,26-;/m1./s1. The van der Waals surface area contributed by atoms with Crippen LogP contribution in [0.15, 0.2) is 24.3 Å². The van der Waals surface area contributed by atoms with Crippen molar-refractivity contribution in [1.82, 2.24) is 20.0 Å². The van der Waals surface area contributed by atoms with Crippen LogP contribution in [-0.2, 0) is 22.7 Å². The third-order valence-electron chi connectivity index (χ3n) is 8.59. The van der Waals surface area contributed by atoms with E-state index < -0.39 is 17.7 Å². The Bertz CT molecular complexity index is 912. The van der Waals surface area contributed by atoms with Crippen molar-refractivity contribution in [3.8, 4) is 0 Å². The average molecular weight is 551 g/mol. The number of rotatable bonds is 9. The van der Waals surface area contributed by atoms with Gasteiger partial charge in [-0.15, -0.1) is 12.4 Å². The van der Waals surface area contributed by atoms with Gasteiger partial charge in [0.05, 0.1) is 12.2 Å². The second kappa shape index (κ2) is 13.6. The summed E-state index contributed by atoms with van der Waals surface area (Å²) >= 11 is 0. The fraction of sp³-hybridized carbons (Fsp3) is 0.724. The second-order valence-electron chi connectivity index (χ2n) is 11.7. The van der Waals surface area contributed by atoms with Crippen LogP contribution in [-0.4, -0.2) is 93.2 Å². The van der Waals surface area contributed by atoms with Gasteiger partial charge in [-0.05, 0) is 49.1 Å². The molecule has 0 aromatic heterocycles. The Morgan fingerprint density at radius 3 is 2.00 bits per heavy atom. The summed E-state index contributed by atoms with van der Waals surface area (Å²) in [6.45, 7) is 11.5. The Hall–Kier alpha value is -1.71. The van der Waals surface area contributed by atoms with Crippen LogP contribution in [0.5, 0.6) is 0 Å². The molecule has 8 nitrogen and oxygen atoms in total. The molecule has 9 heteroatoms. The van der Waals surface area contributed by atoms with Crippen molar-refractivity contribution in [3.05, 3.63) is 35.4 Å². The van der Waals surface area contributed by atoms with Crippen LogP contribution >= 0.6 is 12.4 Å².